The van der Waals surface area contributed by atoms with Crippen molar-refractivity contribution in [3.63, 3.8) is 0 Å². The van der Waals surface area contributed by atoms with E-state index in [1.54, 1.807) is 0 Å². The molecule has 1 aliphatic rings. The topological polar surface area (TPSA) is 84.4 Å². The summed E-state index contributed by atoms with van der Waals surface area (Å²) in [4.78, 5) is 35.1. The van der Waals surface area contributed by atoms with Crippen LogP contribution in [-0.4, -0.2) is 44.9 Å². The Kier molecular flexibility index (Phi) is 8.29. The van der Waals surface area contributed by atoms with Gasteiger partial charge in [0.2, 0.25) is 5.92 Å². The van der Waals surface area contributed by atoms with Gasteiger partial charge in [-0.25, -0.2) is 23.1 Å². The van der Waals surface area contributed by atoms with Crippen LogP contribution in [0.2, 0.25) is 0 Å². The van der Waals surface area contributed by atoms with Crippen LogP contribution in [0.5, 0.6) is 5.75 Å². The van der Waals surface area contributed by atoms with Crippen LogP contribution in [0.25, 0.3) is 0 Å². The van der Waals surface area contributed by atoms with Gasteiger partial charge in [-0.05, 0) is 44.0 Å². The number of carbonyl (C=O) groups excluding carboxylic acids is 2. The van der Waals surface area contributed by atoms with Gasteiger partial charge in [0, 0.05) is 54.1 Å². The van der Waals surface area contributed by atoms with Crippen LogP contribution in [-0.2, 0) is 15.1 Å². The Labute approximate surface area is 212 Å². The zero-order valence-corrected chi connectivity index (χ0v) is 20.2. The van der Waals surface area contributed by atoms with Crippen LogP contribution in [0, 0.1) is 0 Å². The molecule has 2 atom stereocenters. The summed E-state index contributed by atoms with van der Waals surface area (Å²) in [7, 11) is 0. The van der Waals surface area contributed by atoms with Crippen LogP contribution >= 0.6 is 23.2 Å². The molecule has 1 fully saturated rings. The van der Waals surface area contributed by atoms with Gasteiger partial charge in [0.1, 0.15) is 12.1 Å². The van der Waals surface area contributed by atoms with E-state index in [2.05, 4.69) is 20.0 Å². The first kappa shape index (κ1) is 27.9. The second-order valence-electron chi connectivity index (χ2n) is 8.32. The Morgan fingerprint density at radius 1 is 1.17 bits per heavy atom. The lowest BCUT2D eigenvalue weighted by Crippen LogP contribution is -2.60. The van der Waals surface area contributed by atoms with E-state index in [-0.39, 0.29) is 29.8 Å². The summed E-state index contributed by atoms with van der Waals surface area (Å²) in [6.07, 6.45) is 2.68. The summed E-state index contributed by atoms with van der Waals surface area (Å²) in [5, 5.41) is 2.65. The molecule has 36 heavy (non-hydrogen) atoms. The minimum Gasteiger partial charge on any atom is -0.420 e. The molecule has 0 aliphatic heterocycles. The first-order chi connectivity index (χ1) is 16.7. The third kappa shape index (κ3) is 6.52. The molecule has 1 saturated carbocycles. The second kappa shape index (κ2) is 10.7. The van der Waals surface area contributed by atoms with Gasteiger partial charge >= 0.3 is 5.57 Å². The maximum absolute atomic E-state index is 14.2. The minimum absolute atomic E-state index is 0.0199. The second-order valence-corrected chi connectivity index (χ2v) is 9.14. The first-order valence-electron chi connectivity index (χ1n) is 10.7. The summed E-state index contributed by atoms with van der Waals surface area (Å²) in [6.45, 7) is 1.27. The summed E-state index contributed by atoms with van der Waals surface area (Å²) in [5.74, 6) is -5.43. The smallest absolute Gasteiger partial charge is 0.420 e. The number of halogens is 7. The number of carbonyl (C=O) groups is 2. The van der Waals surface area contributed by atoms with Crippen molar-refractivity contribution in [2.24, 2.45) is 0 Å². The van der Waals surface area contributed by atoms with Crippen LogP contribution in [0.15, 0.2) is 43.0 Å². The van der Waals surface area contributed by atoms with Crippen LogP contribution in [0.3, 0.4) is 0 Å². The number of hydrogen-bond donors (Lipinski definition) is 1. The maximum atomic E-state index is 14.2. The molecule has 0 radical (unpaired) electrons. The molecule has 1 aromatic carbocycles. The van der Waals surface area contributed by atoms with Crippen molar-refractivity contribution >= 4 is 40.7 Å². The normalized spacial score (nSPS) is 18.6. The van der Waals surface area contributed by atoms with Crippen molar-refractivity contribution < 1.29 is 36.3 Å². The first-order valence-corrected chi connectivity index (χ1v) is 11.5. The summed E-state index contributed by atoms with van der Waals surface area (Å²) >= 11 is 10.2. The monoisotopic (exact) mass is 554 g/mol. The molecule has 2 aromatic rings. The van der Waals surface area contributed by atoms with Crippen molar-refractivity contribution in [3.8, 4) is 5.75 Å². The molecular weight excluding hydrogens is 534 g/mol. The molecule has 1 heterocycles. The molecule has 1 N–H and O–H groups in total. The SMILES string of the molecule is C[C@@](C(=O)NC1CCC(F)(F)CC1)(c1cncnc1)N(C(=O)[C@H](F)Cl)c1ccc(OC(F)(F)Cl)cc1. The number of benzene rings is 1. The van der Waals surface area contributed by atoms with Gasteiger partial charge in [-0.2, -0.15) is 0 Å². The van der Waals surface area contributed by atoms with Gasteiger partial charge in [0.15, 0.2) is 5.54 Å². The highest BCUT2D eigenvalue weighted by Gasteiger charge is 2.48. The molecule has 2 amide bonds. The number of anilines is 1. The van der Waals surface area contributed by atoms with E-state index < -0.39 is 53.4 Å². The predicted molar refractivity (Wildman–Crippen MR) is 121 cm³/mol. The van der Waals surface area contributed by atoms with E-state index in [9.17, 15) is 31.5 Å². The van der Waals surface area contributed by atoms with Crippen molar-refractivity contribution in [3.05, 3.63) is 48.5 Å². The third-order valence-corrected chi connectivity index (χ3v) is 6.06. The number of ether oxygens (including phenoxy) is 1. The molecule has 0 spiro atoms. The molecule has 3 rings (SSSR count). The molecule has 1 aromatic heterocycles. The number of aromatic nitrogens is 2. The molecule has 196 valence electrons. The van der Waals surface area contributed by atoms with E-state index >= 15 is 0 Å². The number of alkyl halides is 7. The van der Waals surface area contributed by atoms with Gasteiger partial charge < -0.3 is 10.1 Å². The Morgan fingerprint density at radius 3 is 2.22 bits per heavy atom. The fourth-order valence-corrected chi connectivity index (χ4v) is 4.11. The molecular formula is C22H21Cl2F5N4O3. The van der Waals surface area contributed by atoms with E-state index in [0.717, 1.165) is 35.5 Å². The highest BCUT2D eigenvalue weighted by Crippen LogP contribution is 2.38. The quantitative estimate of drug-likeness (QED) is 0.361. The number of amides is 2. The molecule has 7 nitrogen and oxygen atoms in total. The lowest BCUT2D eigenvalue weighted by atomic mass is 9.87. The lowest BCUT2D eigenvalue weighted by Gasteiger charge is -2.41. The Bertz CT molecular complexity index is 1060. The lowest BCUT2D eigenvalue weighted by molar-refractivity contribution is -0.132. The average molecular weight is 555 g/mol. The predicted octanol–water partition coefficient (Wildman–Crippen LogP) is 5.12. The van der Waals surface area contributed by atoms with Gasteiger partial charge in [0.05, 0.1) is 0 Å². The van der Waals surface area contributed by atoms with Crippen LogP contribution in [0.1, 0.15) is 38.2 Å². The molecule has 0 bridgehead atoms. The summed E-state index contributed by atoms with van der Waals surface area (Å²) in [6, 6.07) is 3.64. The van der Waals surface area contributed by atoms with Crippen molar-refractivity contribution in [2.75, 3.05) is 4.90 Å². The van der Waals surface area contributed by atoms with E-state index in [0.29, 0.717) is 0 Å². The molecule has 14 heteroatoms. The highest BCUT2D eigenvalue weighted by molar-refractivity contribution is 6.32. The fourth-order valence-electron chi connectivity index (χ4n) is 3.92. The standard InChI is InChI=1S/C22H21Cl2F5N4O3/c1-20(13-10-30-12-31-11-13,19(35)32-14-6-8-21(26,27)9-7-14)33(18(34)17(23)25)15-2-4-16(5-3-15)36-22(24,28)29/h2-5,10-12,14,17H,6-9H2,1H3,(H,32,35)/t17-,20-/m0/s1. The van der Waals surface area contributed by atoms with E-state index in [4.69, 9.17) is 23.2 Å². The fraction of sp³-hybridized carbons (Fsp3) is 0.455. The maximum Gasteiger partial charge on any atom is 0.487 e. The van der Waals surface area contributed by atoms with Crippen LogP contribution in [0.4, 0.5) is 27.6 Å². The number of nitrogens with zero attached hydrogens (tertiary/aromatic N) is 3. The molecule has 1 aliphatic carbocycles. The van der Waals surface area contributed by atoms with Gasteiger partial charge in [-0.15, -0.1) is 8.78 Å². The number of hydrogen-bond acceptors (Lipinski definition) is 5. The largest absolute Gasteiger partial charge is 0.487 e. The Hall–Kier alpha value is -2.73. The van der Waals surface area contributed by atoms with Gasteiger partial charge in [-0.3, -0.25) is 14.5 Å². The molecule has 0 saturated heterocycles. The van der Waals surface area contributed by atoms with Crippen molar-refractivity contribution in [2.45, 2.75) is 61.3 Å². The van der Waals surface area contributed by atoms with E-state index in [1.807, 2.05) is 0 Å². The van der Waals surface area contributed by atoms with Crippen molar-refractivity contribution in [1.29, 1.82) is 0 Å². The van der Waals surface area contributed by atoms with Gasteiger partial charge in [0.25, 0.3) is 17.4 Å². The minimum atomic E-state index is -4.01. The molecule has 0 unspecified atom stereocenters. The zero-order chi connectivity index (χ0) is 26.7. The Balaban J connectivity index is 2.04. The average Bonchev–Trinajstić information content (AvgIpc) is 2.81. The van der Waals surface area contributed by atoms with Crippen LogP contribution < -0.4 is 15.0 Å². The summed E-state index contributed by atoms with van der Waals surface area (Å²) < 4.78 is 71.6. The van der Waals surface area contributed by atoms with Gasteiger partial charge in [-0.1, -0.05) is 11.6 Å². The number of rotatable bonds is 8. The Morgan fingerprint density at radius 2 is 1.72 bits per heavy atom. The summed E-state index contributed by atoms with van der Waals surface area (Å²) in [5.41, 5.74) is -8.72. The highest BCUT2D eigenvalue weighted by atomic mass is 35.5. The third-order valence-electron chi connectivity index (χ3n) is 5.80. The van der Waals surface area contributed by atoms with E-state index in [1.165, 1.54) is 19.3 Å². The zero-order valence-electron chi connectivity index (χ0n) is 18.7. The van der Waals surface area contributed by atoms with Crippen molar-refractivity contribution in [1.82, 2.24) is 15.3 Å². The number of nitrogens with one attached hydrogen (secondary N) is 1.